The molecule has 0 aliphatic heterocycles. The van der Waals surface area contributed by atoms with Crippen molar-refractivity contribution in [2.45, 2.75) is 181 Å². The summed E-state index contributed by atoms with van der Waals surface area (Å²) in [7, 11) is 0. The molecule has 0 aromatic carbocycles. The van der Waals surface area contributed by atoms with Crippen molar-refractivity contribution in [2.24, 2.45) is 0 Å². The molecule has 0 saturated carbocycles. The van der Waals surface area contributed by atoms with E-state index in [4.69, 9.17) is 4.74 Å². The SMILES string of the molecule is CCCCCCC(=O)OC(CCCCCC)CSCCCCCC(=O)CCCCCSCC(O)CCCCCC. The van der Waals surface area contributed by atoms with E-state index < -0.39 is 0 Å². The lowest BCUT2D eigenvalue weighted by Crippen LogP contribution is -2.21. The normalized spacial score (nSPS) is 12.9. The molecule has 40 heavy (non-hydrogen) atoms. The van der Waals surface area contributed by atoms with Crippen LogP contribution < -0.4 is 0 Å². The fourth-order valence-corrected chi connectivity index (χ4v) is 6.86. The van der Waals surface area contributed by atoms with Crippen molar-refractivity contribution >= 4 is 35.3 Å². The van der Waals surface area contributed by atoms with Gasteiger partial charge in [-0.25, -0.2) is 0 Å². The highest BCUT2D eigenvalue weighted by Crippen LogP contribution is 2.18. The molecule has 6 heteroatoms. The van der Waals surface area contributed by atoms with Crippen LogP contribution in [0, 0.1) is 0 Å². The molecule has 0 aromatic rings. The van der Waals surface area contributed by atoms with Gasteiger partial charge in [0.25, 0.3) is 0 Å². The van der Waals surface area contributed by atoms with Gasteiger partial charge in [-0.15, -0.1) is 0 Å². The zero-order chi connectivity index (χ0) is 29.5. The Morgan fingerprint density at radius 2 is 1.05 bits per heavy atom. The summed E-state index contributed by atoms with van der Waals surface area (Å²) >= 11 is 3.77. The predicted octanol–water partition coefficient (Wildman–Crippen LogP) is 10.3. The number of hydrogen-bond donors (Lipinski definition) is 1. The van der Waals surface area contributed by atoms with E-state index in [2.05, 4.69) is 20.8 Å². The van der Waals surface area contributed by atoms with Gasteiger partial charge in [-0.2, -0.15) is 23.5 Å². The van der Waals surface area contributed by atoms with Gasteiger partial charge in [0, 0.05) is 30.8 Å². The first-order chi connectivity index (χ1) is 19.5. The topological polar surface area (TPSA) is 63.6 Å². The number of carbonyl (C=O) groups is 2. The Hall–Kier alpha value is -0.200. The zero-order valence-electron chi connectivity index (χ0n) is 26.7. The van der Waals surface area contributed by atoms with Crippen molar-refractivity contribution in [3.8, 4) is 0 Å². The molecule has 0 aliphatic rings. The summed E-state index contributed by atoms with van der Waals surface area (Å²) in [5.41, 5.74) is 0. The Morgan fingerprint density at radius 3 is 1.62 bits per heavy atom. The third-order valence-electron chi connectivity index (χ3n) is 7.41. The molecule has 0 radical (unpaired) electrons. The summed E-state index contributed by atoms with van der Waals surface area (Å²) in [5, 5.41) is 10.0. The Labute approximate surface area is 257 Å². The molecule has 4 nitrogen and oxygen atoms in total. The number of rotatable bonds is 32. The lowest BCUT2D eigenvalue weighted by atomic mass is 10.1. The second-order valence-corrected chi connectivity index (χ2v) is 13.9. The fourth-order valence-electron chi connectivity index (χ4n) is 4.77. The summed E-state index contributed by atoms with van der Waals surface area (Å²) < 4.78 is 5.85. The van der Waals surface area contributed by atoms with Crippen LogP contribution in [0.1, 0.15) is 168 Å². The lowest BCUT2D eigenvalue weighted by molar-refractivity contribution is -0.148. The maximum absolute atomic E-state index is 12.3. The summed E-state index contributed by atoms with van der Waals surface area (Å²) in [6.07, 6.45) is 24.5. The van der Waals surface area contributed by atoms with Crippen LogP contribution in [0.5, 0.6) is 0 Å². The maximum atomic E-state index is 12.3. The first-order valence-electron chi connectivity index (χ1n) is 17.1. The van der Waals surface area contributed by atoms with Crippen LogP contribution >= 0.6 is 23.5 Å². The Bertz CT molecular complexity index is 558. The number of aliphatic hydroxyl groups excluding tert-OH is 1. The van der Waals surface area contributed by atoms with Gasteiger partial charge in [-0.3, -0.25) is 9.59 Å². The molecule has 0 aliphatic carbocycles. The van der Waals surface area contributed by atoms with E-state index in [9.17, 15) is 14.7 Å². The van der Waals surface area contributed by atoms with Crippen LogP contribution in [0.2, 0.25) is 0 Å². The number of ether oxygens (including phenoxy) is 1. The van der Waals surface area contributed by atoms with Crippen molar-refractivity contribution < 1.29 is 19.4 Å². The molecule has 1 N–H and O–H groups in total. The molecule has 2 unspecified atom stereocenters. The van der Waals surface area contributed by atoms with Gasteiger partial charge >= 0.3 is 5.97 Å². The molecule has 0 spiro atoms. The van der Waals surface area contributed by atoms with Crippen molar-refractivity contribution in [3.05, 3.63) is 0 Å². The highest BCUT2D eigenvalue weighted by Gasteiger charge is 2.14. The highest BCUT2D eigenvalue weighted by molar-refractivity contribution is 7.99. The number of carbonyl (C=O) groups excluding carboxylic acids is 2. The van der Waals surface area contributed by atoms with Gasteiger partial charge in [0.2, 0.25) is 0 Å². The summed E-state index contributed by atoms with van der Waals surface area (Å²) in [6.45, 7) is 6.63. The third-order valence-corrected chi connectivity index (χ3v) is 9.79. The molecular weight excluding hydrogens is 537 g/mol. The minimum absolute atomic E-state index is 0.0126. The summed E-state index contributed by atoms with van der Waals surface area (Å²) in [5.74, 6) is 4.34. The van der Waals surface area contributed by atoms with Gasteiger partial charge in [-0.05, 0) is 62.9 Å². The molecule has 0 heterocycles. The summed E-state index contributed by atoms with van der Waals surface area (Å²) in [6, 6.07) is 0. The van der Waals surface area contributed by atoms with Gasteiger partial charge in [0.15, 0.2) is 0 Å². The van der Waals surface area contributed by atoms with Crippen LogP contribution in [0.4, 0.5) is 0 Å². The number of thioether (sulfide) groups is 2. The quantitative estimate of drug-likeness (QED) is 0.0610. The molecule has 0 saturated heterocycles. The molecule has 0 fully saturated rings. The number of Topliss-reactive ketones (excluding diaryl/α,β-unsaturated/α-hetero) is 1. The van der Waals surface area contributed by atoms with Crippen LogP contribution in [-0.4, -0.2) is 52.1 Å². The molecule has 0 aromatic heterocycles. The maximum Gasteiger partial charge on any atom is 0.306 e. The van der Waals surface area contributed by atoms with Gasteiger partial charge in [0.1, 0.15) is 11.9 Å². The molecule has 238 valence electrons. The van der Waals surface area contributed by atoms with Crippen LogP contribution in [-0.2, 0) is 14.3 Å². The number of hydrogen-bond acceptors (Lipinski definition) is 6. The predicted molar refractivity (Wildman–Crippen MR) is 179 cm³/mol. The minimum Gasteiger partial charge on any atom is -0.461 e. The molecule has 2 atom stereocenters. The van der Waals surface area contributed by atoms with Crippen LogP contribution in [0.15, 0.2) is 0 Å². The summed E-state index contributed by atoms with van der Waals surface area (Å²) in [4.78, 5) is 24.5. The minimum atomic E-state index is -0.151. The Balaban J connectivity index is 3.76. The van der Waals surface area contributed by atoms with Gasteiger partial charge in [-0.1, -0.05) is 97.8 Å². The molecule has 0 bridgehead atoms. The monoisotopic (exact) mass is 602 g/mol. The van der Waals surface area contributed by atoms with E-state index in [1.165, 1.54) is 51.4 Å². The standard InChI is InChI=1S/C34H66O4S2/c1-4-7-10-15-24-32(36)29-39-27-20-13-16-22-31(35)23-17-14-21-28-40-30-33(25-18-11-8-5-2)38-34(37)26-19-12-9-6-3/h32-33,36H,4-30H2,1-3H3. The van der Waals surface area contributed by atoms with E-state index >= 15 is 0 Å². The third kappa shape index (κ3) is 29.3. The van der Waals surface area contributed by atoms with Crippen molar-refractivity contribution in [3.63, 3.8) is 0 Å². The fraction of sp³-hybridized carbons (Fsp3) is 0.941. The number of unbranched alkanes of at least 4 members (excludes halogenated alkanes) is 13. The van der Waals surface area contributed by atoms with E-state index in [-0.39, 0.29) is 18.2 Å². The second kappa shape index (κ2) is 31.7. The van der Waals surface area contributed by atoms with Crippen molar-refractivity contribution in [1.82, 2.24) is 0 Å². The smallest absolute Gasteiger partial charge is 0.306 e. The average molecular weight is 603 g/mol. The van der Waals surface area contributed by atoms with E-state index in [1.807, 2.05) is 23.5 Å². The molecular formula is C34H66O4S2. The molecule has 0 amide bonds. The first kappa shape index (κ1) is 39.8. The largest absolute Gasteiger partial charge is 0.461 e. The number of aliphatic hydroxyl groups is 1. The Morgan fingerprint density at radius 1 is 0.575 bits per heavy atom. The van der Waals surface area contributed by atoms with E-state index in [0.29, 0.717) is 12.2 Å². The average Bonchev–Trinajstić information content (AvgIpc) is 2.94. The Kier molecular flexibility index (Phi) is 31.6. The van der Waals surface area contributed by atoms with E-state index in [0.717, 1.165) is 113 Å². The van der Waals surface area contributed by atoms with Crippen LogP contribution in [0.3, 0.4) is 0 Å². The number of ketones is 1. The van der Waals surface area contributed by atoms with E-state index in [1.54, 1.807) is 0 Å². The molecule has 0 rings (SSSR count). The van der Waals surface area contributed by atoms with Gasteiger partial charge < -0.3 is 9.84 Å². The first-order valence-corrected chi connectivity index (χ1v) is 19.4. The lowest BCUT2D eigenvalue weighted by Gasteiger charge is -2.18. The van der Waals surface area contributed by atoms with Crippen LogP contribution in [0.25, 0.3) is 0 Å². The van der Waals surface area contributed by atoms with Gasteiger partial charge in [0.05, 0.1) is 6.10 Å². The zero-order valence-corrected chi connectivity index (χ0v) is 28.4. The van der Waals surface area contributed by atoms with Crippen molar-refractivity contribution in [1.29, 1.82) is 0 Å². The van der Waals surface area contributed by atoms with Crippen molar-refractivity contribution in [2.75, 3.05) is 23.0 Å². The second-order valence-electron chi connectivity index (χ2n) is 11.6. The number of esters is 1. The highest BCUT2D eigenvalue weighted by atomic mass is 32.2.